The Kier molecular flexibility index (Phi) is 2.77. The van der Waals surface area contributed by atoms with E-state index in [9.17, 15) is 4.79 Å². The molecule has 3 N–H and O–H groups in total. The summed E-state index contributed by atoms with van der Waals surface area (Å²) < 4.78 is 0. The Morgan fingerprint density at radius 3 is 2.88 bits per heavy atom. The Hall–Kier alpha value is -1.65. The van der Waals surface area contributed by atoms with E-state index in [1.54, 1.807) is 18.2 Å². The number of fused-ring (bicyclic) bond motifs is 1. The van der Waals surface area contributed by atoms with Gasteiger partial charge in [0.25, 0.3) is 0 Å². The molecule has 0 bridgehead atoms. The van der Waals surface area contributed by atoms with Gasteiger partial charge < -0.3 is 10.8 Å². The first kappa shape index (κ1) is 10.9. The first-order valence-corrected chi connectivity index (χ1v) is 5.03. The smallest absolute Gasteiger partial charge is 0.336 e. The molecule has 1 aromatic heterocycles. The number of para-hydroxylation sites is 1. The van der Waals surface area contributed by atoms with E-state index in [0.29, 0.717) is 21.6 Å². The molecule has 0 amide bonds. The van der Waals surface area contributed by atoms with E-state index < -0.39 is 5.97 Å². The maximum Gasteiger partial charge on any atom is 0.336 e. The largest absolute Gasteiger partial charge is 0.478 e. The lowest BCUT2D eigenvalue weighted by Crippen LogP contribution is -2.05. The van der Waals surface area contributed by atoms with Gasteiger partial charge in [-0.25, -0.2) is 9.78 Å². The van der Waals surface area contributed by atoms with Crippen LogP contribution in [-0.2, 0) is 6.54 Å². The van der Waals surface area contributed by atoms with E-state index in [0.717, 1.165) is 0 Å². The molecule has 5 heteroatoms. The van der Waals surface area contributed by atoms with Crippen LogP contribution in [0, 0.1) is 0 Å². The van der Waals surface area contributed by atoms with Crippen LogP contribution in [0.1, 0.15) is 16.1 Å². The highest BCUT2D eigenvalue weighted by molar-refractivity contribution is 6.35. The predicted molar refractivity (Wildman–Crippen MR) is 61.6 cm³/mol. The molecule has 0 aliphatic carbocycles. The highest BCUT2D eigenvalue weighted by Gasteiger charge is 2.12. The van der Waals surface area contributed by atoms with Crippen LogP contribution in [0.2, 0.25) is 5.02 Å². The van der Waals surface area contributed by atoms with Gasteiger partial charge in [-0.05, 0) is 12.1 Å². The zero-order valence-electron chi connectivity index (χ0n) is 8.27. The van der Waals surface area contributed by atoms with Gasteiger partial charge in [-0.1, -0.05) is 23.7 Å². The number of halogens is 1. The fourth-order valence-electron chi connectivity index (χ4n) is 1.55. The van der Waals surface area contributed by atoms with Crippen molar-refractivity contribution in [3.8, 4) is 0 Å². The molecular weight excluding hydrogens is 228 g/mol. The summed E-state index contributed by atoms with van der Waals surface area (Å²) in [6.45, 7) is 0.182. The highest BCUT2D eigenvalue weighted by atomic mass is 35.5. The lowest BCUT2D eigenvalue weighted by Gasteiger charge is -2.06. The van der Waals surface area contributed by atoms with Crippen molar-refractivity contribution in [2.75, 3.05) is 0 Å². The molecule has 0 aliphatic rings. The molecule has 0 atom stereocenters. The fourth-order valence-corrected chi connectivity index (χ4v) is 1.76. The van der Waals surface area contributed by atoms with Crippen LogP contribution in [-0.4, -0.2) is 16.1 Å². The monoisotopic (exact) mass is 236 g/mol. The Balaban J connectivity index is 2.87. The lowest BCUT2D eigenvalue weighted by molar-refractivity contribution is 0.0699. The van der Waals surface area contributed by atoms with Crippen molar-refractivity contribution in [1.29, 1.82) is 0 Å². The summed E-state index contributed by atoms with van der Waals surface area (Å²) in [6, 6.07) is 6.52. The number of benzene rings is 1. The Labute approximate surface area is 96.7 Å². The number of carboxylic acid groups (broad SMARTS) is 1. The number of carboxylic acids is 1. The van der Waals surface area contributed by atoms with Gasteiger partial charge in [0.05, 0.1) is 21.8 Å². The normalized spacial score (nSPS) is 10.6. The van der Waals surface area contributed by atoms with Gasteiger partial charge in [0.15, 0.2) is 0 Å². The highest BCUT2D eigenvalue weighted by Crippen LogP contribution is 2.25. The predicted octanol–water partition coefficient (Wildman–Crippen LogP) is 2.05. The van der Waals surface area contributed by atoms with Gasteiger partial charge in [0.1, 0.15) is 0 Å². The summed E-state index contributed by atoms with van der Waals surface area (Å²) in [4.78, 5) is 15.3. The van der Waals surface area contributed by atoms with E-state index in [1.165, 1.54) is 6.07 Å². The van der Waals surface area contributed by atoms with Crippen LogP contribution >= 0.6 is 11.6 Å². The first-order chi connectivity index (χ1) is 7.63. The van der Waals surface area contributed by atoms with Gasteiger partial charge in [-0.15, -0.1) is 0 Å². The molecule has 1 heterocycles. The SMILES string of the molecule is NCc1cc(C(=O)O)c2cccc(Cl)c2n1. The fraction of sp³-hybridized carbons (Fsp3) is 0.0909. The van der Waals surface area contributed by atoms with Gasteiger partial charge in [-0.3, -0.25) is 0 Å². The molecule has 0 saturated heterocycles. The molecule has 16 heavy (non-hydrogen) atoms. The molecule has 0 fully saturated rings. The second kappa shape index (κ2) is 4.08. The van der Waals surface area contributed by atoms with Crippen molar-refractivity contribution >= 4 is 28.5 Å². The number of nitrogens with zero attached hydrogens (tertiary/aromatic N) is 1. The molecule has 2 aromatic rings. The summed E-state index contributed by atoms with van der Waals surface area (Å²) in [5.74, 6) is -1.01. The minimum absolute atomic E-state index is 0.174. The van der Waals surface area contributed by atoms with E-state index >= 15 is 0 Å². The second-order valence-corrected chi connectivity index (χ2v) is 3.71. The molecule has 0 aliphatic heterocycles. The summed E-state index contributed by atoms with van der Waals surface area (Å²) in [7, 11) is 0. The molecule has 0 spiro atoms. The summed E-state index contributed by atoms with van der Waals surface area (Å²) in [5, 5.41) is 10.0. The average molecular weight is 237 g/mol. The van der Waals surface area contributed by atoms with Crippen molar-refractivity contribution < 1.29 is 9.90 Å². The van der Waals surface area contributed by atoms with Crippen LogP contribution in [0.3, 0.4) is 0 Å². The van der Waals surface area contributed by atoms with Gasteiger partial charge in [0, 0.05) is 11.9 Å². The standard InChI is InChI=1S/C11H9ClN2O2/c12-9-3-1-2-7-8(11(15)16)4-6(5-13)14-10(7)9/h1-4H,5,13H2,(H,15,16). The molecular formula is C11H9ClN2O2. The quantitative estimate of drug-likeness (QED) is 0.837. The van der Waals surface area contributed by atoms with Crippen LogP contribution in [0.25, 0.3) is 10.9 Å². The number of rotatable bonds is 2. The zero-order valence-corrected chi connectivity index (χ0v) is 9.03. The van der Waals surface area contributed by atoms with E-state index in [2.05, 4.69) is 4.98 Å². The molecule has 0 saturated carbocycles. The lowest BCUT2D eigenvalue weighted by atomic mass is 10.1. The van der Waals surface area contributed by atoms with Crippen LogP contribution < -0.4 is 5.73 Å². The number of pyridine rings is 1. The van der Waals surface area contributed by atoms with Crippen molar-refractivity contribution in [3.63, 3.8) is 0 Å². The maximum absolute atomic E-state index is 11.1. The minimum Gasteiger partial charge on any atom is -0.478 e. The number of hydrogen-bond acceptors (Lipinski definition) is 3. The number of aromatic nitrogens is 1. The number of aromatic carboxylic acids is 1. The van der Waals surface area contributed by atoms with E-state index in [4.69, 9.17) is 22.4 Å². The summed E-state index contributed by atoms with van der Waals surface area (Å²) in [6.07, 6.45) is 0. The molecule has 4 nitrogen and oxygen atoms in total. The molecule has 0 radical (unpaired) electrons. The van der Waals surface area contributed by atoms with E-state index in [1.807, 2.05) is 0 Å². The number of nitrogens with two attached hydrogens (primary N) is 1. The second-order valence-electron chi connectivity index (χ2n) is 3.31. The van der Waals surface area contributed by atoms with Gasteiger partial charge in [0.2, 0.25) is 0 Å². The summed E-state index contributed by atoms with van der Waals surface area (Å²) in [5.41, 5.74) is 6.62. The van der Waals surface area contributed by atoms with Crippen LogP contribution in [0.5, 0.6) is 0 Å². The van der Waals surface area contributed by atoms with Gasteiger partial charge >= 0.3 is 5.97 Å². The third-order valence-corrected chi connectivity index (χ3v) is 2.59. The maximum atomic E-state index is 11.1. The van der Waals surface area contributed by atoms with Gasteiger partial charge in [-0.2, -0.15) is 0 Å². The molecule has 82 valence electrons. The first-order valence-electron chi connectivity index (χ1n) is 4.65. The van der Waals surface area contributed by atoms with Crippen LogP contribution in [0.4, 0.5) is 0 Å². The third-order valence-electron chi connectivity index (χ3n) is 2.28. The topological polar surface area (TPSA) is 76.2 Å². The average Bonchev–Trinajstić information content (AvgIpc) is 2.28. The van der Waals surface area contributed by atoms with Crippen molar-refractivity contribution in [2.45, 2.75) is 6.54 Å². The van der Waals surface area contributed by atoms with Crippen molar-refractivity contribution in [1.82, 2.24) is 4.98 Å². The zero-order chi connectivity index (χ0) is 11.7. The van der Waals surface area contributed by atoms with Crippen LogP contribution in [0.15, 0.2) is 24.3 Å². The Bertz CT molecular complexity index is 569. The number of hydrogen-bond donors (Lipinski definition) is 2. The Morgan fingerprint density at radius 1 is 1.50 bits per heavy atom. The van der Waals surface area contributed by atoms with E-state index in [-0.39, 0.29) is 12.1 Å². The minimum atomic E-state index is -1.01. The Morgan fingerprint density at radius 2 is 2.25 bits per heavy atom. The molecule has 0 unspecified atom stereocenters. The molecule has 2 rings (SSSR count). The third kappa shape index (κ3) is 1.73. The van der Waals surface area contributed by atoms with Crippen molar-refractivity contribution in [3.05, 3.63) is 40.5 Å². The van der Waals surface area contributed by atoms with Crippen molar-refractivity contribution in [2.24, 2.45) is 5.73 Å². The summed E-state index contributed by atoms with van der Waals surface area (Å²) >= 11 is 5.97. The molecule has 1 aromatic carbocycles. The number of carbonyl (C=O) groups is 1.